The summed E-state index contributed by atoms with van der Waals surface area (Å²) in [7, 11) is 1.39. The predicted molar refractivity (Wildman–Crippen MR) is 72.1 cm³/mol. The Morgan fingerprint density at radius 1 is 1.11 bits per heavy atom. The maximum absolute atomic E-state index is 11.7. The molecule has 1 aromatic rings. The fourth-order valence-electron chi connectivity index (χ4n) is 1.86. The van der Waals surface area contributed by atoms with Crippen molar-refractivity contribution < 1.29 is 19.1 Å². The summed E-state index contributed by atoms with van der Waals surface area (Å²) >= 11 is 0. The van der Waals surface area contributed by atoms with Gasteiger partial charge in [-0.1, -0.05) is 17.7 Å². The first-order valence-electron chi connectivity index (χ1n) is 5.96. The highest BCUT2D eigenvalue weighted by atomic mass is 16.6. The van der Waals surface area contributed by atoms with Crippen molar-refractivity contribution in [1.29, 1.82) is 0 Å². The standard InChI is InChI=1S/C14H19NO4/c1-9-5-10(2)14(11(3)6-9)15-12(16)7-19-13(17)8-18-4/h5-6H,7-8H2,1-4H3,(H,15,16). The number of ether oxygens (including phenoxy) is 2. The van der Waals surface area contributed by atoms with Crippen LogP contribution in [0.25, 0.3) is 0 Å². The van der Waals surface area contributed by atoms with Crippen LogP contribution in [0.5, 0.6) is 0 Å². The summed E-state index contributed by atoms with van der Waals surface area (Å²) in [5, 5.41) is 2.75. The summed E-state index contributed by atoms with van der Waals surface area (Å²) < 4.78 is 9.34. The van der Waals surface area contributed by atoms with Gasteiger partial charge in [-0.15, -0.1) is 0 Å². The van der Waals surface area contributed by atoms with Gasteiger partial charge in [-0.05, 0) is 31.9 Å². The highest BCUT2D eigenvalue weighted by Gasteiger charge is 2.10. The van der Waals surface area contributed by atoms with Crippen molar-refractivity contribution in [3.63, 3.8) is 0 Å². The summed E-state index contributed by atoms with van der Waals surface area (Å²) in [5.41, 5.74) is 3.86. The van der Waals surface area contributed by atoms with Crippen LogP contribution in [0.15, 0.2) is 12.1 Å². The monoisotopic (exact) mass is 265 g/mol. The molecule has 0 atom stereocenters. The highest BCUT2D eigenvalue weighted by Crippen LogP contribution is 2.21. The smallest absolute Gasteiger partial charge is 0.332 e. The molecule has 0 saturated heterocycles. The van der Waals surface area contributed by atoms with Crippen LogP contribution in [0, 0.1) is 20.8 Å². The number of benzene rings is 1. The molecule has 19 heavy (non-hydrogen) atoms. The zero-order chi connectivity index (χ0) is 14.4. The number of nitrogens with one attached hydrogen (secondary N) is 1. The van der Waals surface area contributed by atoms with Crippen molar-refractivity contribution >= 4 is 17.6 Å². The van der Waals surface area contributed by atoms with Crippen LogP contribution in [0.4, 0.5) is 5.69 Å². The number of carbonyl (C=O) groups excluding carboxylic acids is 2. The van der Waals surface area contributed by atoms with Gasteiger partial charge in [-0.25, -0.2) is 4.79 Å². The number of methoxy groups -OCH3 is 1. The van der Waals surface area contributed by atoms with Crippen molar-refractivity contribution in [3.8, 4) is 0 Å². The molecular formula is C14H19NO4. The molecule has 0 heterocycles. The van der Waals surface area contributed by atoms with Crippen LogP contribution in [0.2, 0.25) is 0 Å². The molecule has 0 aliphatic heterocycles. The molecular weight excluding hydrogens is 246 g/mol. The average Bonchev–Trinajstić information content (AvgIpc) is 2.31. The minimum Gasteiger partial charge on any atom is -0.454 e. The van der Waals surface area contributed by atoms with E-state index in [2.05, 4.69) is 10.1 Å². The van der Waals surface area contributed by atoms with Crippen LogP contribution >= 0.6 is 0 Å². The number of carbonyl (C=O) groups is 2. The highest BCUT2D eigenvalue weighted by molar-refractivity contribution is 5.94. The first-order chi connectivity index (χ1) is 8.93. The van der Waals surface area contributed by atoms with Crippen molar-refractivity contribution in [2.45, 2.75) is 20.8 Å². The second kappa shape index (κ2) is 6.89. The van der Waals surface area contributed by atoms with Crippen LogP contribution in [0.3, 0.4) is 0 Å². The lowest BCUT2D eigenvalue weighted by atomic mass is 10.1. The van der Waals surface area contributed by atoms with Gasteiger partial charge in [0.25, 0.3) is 5.91 Å². The van der Waals surface area contributed by atoms with E-state index < -0.39 is 5.97 Å². The first kappa shape index (κ1) is 15.2. The van der Waals surface area contributed by atoms with Crippen molar-refractivity contribution in [3.05, 3.63) is 28.8 Å². The lowest BCUT2D eigenvalue weighted by Gasteiger charge is -2.12. The van der Waals surface area contributed by atoms with Crippen LogP contribution in [-0.4, -0.2) is 32.2 Å². The van der Waals surface area contributed by atoms with Crippen molar-refractivity contribution in [1.82, 2.24) is 0 Å². The molecule has 0 saturated carbocycles. The van der Waals surface area contributed by atoms with E-state index in [0.29, 0.717) is 0 Å². The molecule has 1 rings (SSSR count). The molecule has 0 radical (unpaired) electrons. The third-order valence-corrected chi connectivity index (χ3v) is 2.57. The lowest BCUT2D eigenvalue weighted by molar-refractivity contribution is -0.150. The van der Waals surface area contributed by atoms with Gasteiger partial charge in [-0.2, -0.15) is 0 Å². The minimum absolute atomic E-state index is 0.157. The van der Waals surface area contributed by atoms with Gasteiger partial charge in [0.15, 0.2) is 6.61 Å². The molecule has 5 heteroatoms. The van der Waals surface area contributed by atoms with Crippen molar-refractivity contribution in [2.75, 3.05) is 25.6 Å². The maximum atomic E-state index is 11.7. The average molecular weight is 265 g/mol. The third kappa shape index (κ3) is 4.71. The first-order valence-corrected chi connectivity index (χ1v) is 5.96. The van der Waals surface area contributed by atoms with Gasteiger partial charge < -0.3 is 14.8 Å². The van der Waals surface area contributed by atoms with Crippen LogP contribution in [0.1, 0.15) is 16.7 Å². The molecule has 0 unspecified atom stereocenters. The largest absolute Gasteiger partial charge is 0.454 e. The second-order valence-electron chi connectivity index (χ2n) is 4.42. The molecule has 5 nitrogen and oxygen atoms in total. The van der Waals surface area contributed by atoms with Gasteiger partial charge in [0, 0.05) is 12.8 Å². The number of anilines is 1. The Morgan fingerprint density at radius 2 is 1.68 bits per heavy atom. The fourth-order valence-corrected chi connectivity index (χ4v) is 1.86. The molecule has 0 spiro atoms. The Hall–Kier alpha value is -1.88. The Balaban J connectivity index is 2.60. The number of esters is 1. The van der Waals surface area contributed by atoms with Gasteiger partial charge in [0.1, 0.15) is 6.61 Å². The van der Waals surface area contributed by atoms with E-state index in [-0.39, 0.29) is 19.1 Å². The number of amides is 1. The zero-order valence-electron chi connectivity index (χ0n) is 11.7. The SMILES string of the molecule is COCC(=O)OCC(=O)Nc1c(C)cc(C)cc1C. The van der Waals surface area contributed by atoms with E-state index in [1.165, 1.54) is 7.11 Å². The van der Waals surface area contributed by atoms with Gasteiger partial charge in [0.2, 0.25) is 0 Å². The van der Waals surface area contributed by atoms with E-state index >= 15 is 0 Å². The summed E-state index contributed by atoms with van der Waals surface area (Å²) in [6.45, 7) is 5.38. The van der Waals surface area contributed by atoms with Crippen molar-refractivity contribution in [2.24, 2.45) is 0 Å². The van der Waals surface area contributed by atoms with E-state index in [4.69, 9.17) is 4.74 Å². The summed E-state index contributed by atoms with van der Waals surface area (Å²) in [4.78, 5) is 22.7. The number of rotatable bonds is 5. The molecule has 0 aliphatic rings. The summed E-state index contributed by atoms with van der Waals surface area (Å²) in [5.74, 6) is -0.922. The quantitative estimate of drug-likeness (QED) is 0.824. The Bertz CT molecular complexity index is 459. The molecule has 0 aliphatic carbocycles. The van der Waals surface area contributed by atoms with Gasteiger partial charge >= 0.3 is 5.97 Å². The summed E-state index contributed by atoms with van der Waals surface area (Å²) in [6, 6.07) is 3.97. The lowest BCUT2D eigenvalue weighted by Crippen LogP contribution is -2.23. The van der Waals surface area contributed by atoms with E-state index in [1.807, 2.05) is 32.9 Å². The van der Waals surface area contributed by atoms with Gasteiger partial charge in [0.05, 0.1) is 0 Å². The molecule has 0 bridgehead atoms. The summed E-state index contributed by atoms with van der Waals surface area (Å²) in [6.07, 6.45) is 0. The Morgan fingerprint density at radius 3 is 2.21 bits per heavy atom. The van der Waals surface area contributed by atoms with E-state index in [9.17, 15) is 9.59 Å². The molecule has 1 amide bonds. The topological polar surface area (TPSA) is 64.6 Å². The second-order valence-corrected chi connectivity index (χ2v) is 4.42. The molecule has 104 valence electrons. The fraction of sp³-hybridized carbons (Fsp3) is 0.429. The molecule has 1 N–H and O–H groups in total. The van der Waals surface area contributed by atoms with E-state index in [1.54, 1.807) is 0 Å². The Kier molecular flexibility index (Phi) is 5.51. The number of aryl methyl sites for hydroxylation is 3. The van der Waals surface area contributed by atoms with Gasteiger partial charge in [-0.3, -0.25) is 4.79 Å². The number of hydrogen-bond acceptors (Lipinski definition) is 4. The molecule has 1 aromatic carbocycles. The van der Waals surface area contributed by atoms with E-state index in [0.717, 1.165) is 22.4 Å². The van der Waals surface area contributed by atoms with Crippen LogP contribution in [-0.2, 0) is 19.1 Å². The third-order valence-electron chi connectivity index (χ3n) is 2.57. The van der Waals surface area contributed by atoms with Crippen LogP contribution < -0.4 is 5.32 Å². The molecule has 0 aromatic heterocycles. The predicted octanol–water partition coefficient (Wildman–Crippen LogP) is 1.74. The zero-order valence-corrected chi connectivity index (χ0v) is 11.7. The number of hydrogen-bond donors (Lipinski definition) is 1. The Labute approximate surface area is 112 Å². The minimum atomic E-state index is -0.560. The maximum Gasteiger partial charge on any atom is 0.332 e. The normalized spacial score (nSPS) is 10.1. The molecule has 0 fully saturated rings.